The molecule has 0 aliphatic heterocycles. The van der Waals surface area contributed by atoms with Gasteiger partial charge >= 0.3 is 12.0 Å². The summed E-state index contributed by atoms with van der Waals surface area (Å²) in [5.74, 6) is -0.993. The Morgan fingerprint density at radius 3 is 2.37 bits per heavy atom. The van der Waals surface area contributed by atoms with E-state index in [2.05, 4.69) is 26.6 Å². The van der Waals surface area contributed by atoms with E-state index in [9.17, 15) is 9.59 Å². The number of carbonyl (C=O) groups excluding carboxylic acids is 1. The number of carboxylic acid groups (broad SMARTS) is 1. The molecule has 0 aliphatic rings. The maximum absolute atomic E-state index is 11.6. The number of benzene rings is 1. The van der Waals surface area contributed by atoms with E-state index in [1.165, 1.54) is 0 Å². The lowest BCUT2D eigenvalue weighted by Gasteiger charge is -2.14. The van der Waals surface area contributed by atoms with Gasteiger partial charge in [-0.25, -0.2) is 4.79 Å². The molecule has 1 unspecified atom stereocenters. The Balaban J connectivity index is 2.70. The molecule has 0 aromatic heterocycles. The van der Waals surface area contributed by atoms with Crippen LogP contribution in [0.2, 0.25) is 10.0 Å². The third kappa shape index (κ3) is 5.26. The van der Waals surface area contributed by atoms with Crippen LogP contribution in [0.15, 0.2) is 16.6 Å². The van der Waals surface area contributed by atoms with E-state index in [-0.39, 0.29) is 22.2 Å². The highest BCUT2D eigenvalue weighted by Crippen LogP contribution is 2.33. The molecular weight excluding hydrogens is 359 g/mol. The fraction of sp³-hybridized carbons (Fsp3) is 0.273. The minimum Gasteiger partial charge on any atom is -0.481 e. The van der Waals surface area contributed by atoms with Gasteiger partial charge in [0, 0.05) is 10.5 Å². The van der Waals surface area contributed by atoms with Crippen LogP contribution in [0.3, 0.4) is 0 Å². The molecule has 2 amide bonds. The van der Waals surface area contributed by atoms with Gasteiger partial charge in [-0.15, -0.1) is 0 Å². The zero-order chi connectivity index (χ0) is 14.6. The molecule has 104 valence electrons. The molecule has 1 rings (SSSR count). The second kappa shape index (κ2) is 6.98. The quantitative estimate of drug-likeness (QED) is 0.756. The number of nitrogens with one attached hydrogen (secondary N) is 2. The summed E-state index contributed by atoms with van der Waals surface area (Å²) in [5.41, 5.74) is 0.270. The molecule has 0 saturated heterocycles. The van der Waals surface area contributed by atoms with Crippen LogP contribution in [0.4, 0.5) is 10.5 Å². The summed E-state index contributed by atoms with van der Waals surface area (Å²) in [5, 5.41) is 14.1. The highest BCUT2D eigenvalue weighted by atomic mass is 79.9. The number of hydrogen-bond donors (Lipinski definition) is 3. The van der Waals surface area contributed by atoms with E-state index >= 15 is 0 Å². The Kier molecular flexibility index (Phi) is 5.90. The molecule has 19 heavy (non-hydrogen) atoms. The molecule has 1 atom stereocenters. The largest absolute Gasteiger partial charge is 0.481 e. The van der Waals surface area contributed by atoms with Gasteiger partial charge in [0.05, 0.1) is 22.2 Å². The van der Waals surface area contributed by atoms with E-state index in [1.807, 2.05) is 0 Å². The Morgan fingerprint density at radius 2 is 1.89 bits per heavy atom. The number of carbonyl (C=O) groups is 2. The number of rotatable bonds is 4. The van der Waals surface area contributed by atoms with E-state index in [4.69, 9.17) is 28.3 Å². The molecule has 0 aliphatic carbocycles. The topological polar surface area (TPSA) is 78.4 Å². The highest BCUT2D eigenvalue weighted by Gasteiger charge is 2.14. The number of amides is 2. The molecule has 0 saturated carbocycles. The van der Waals surface area contributed by atoms with Gasteiger partial charge in [0.1, 0.15) is 0 Å². The summed E-state index contributed by atoms with van der Waals surface area (Å²) in [4.78, 5) is 22.1. The summed E-state index contributed by atoms with van der Waals surface area (Å²) < 4.78 is 0.688. The third-order valence-corrected chi connectivity index (χ3v) is 3.16. The third-order valence-electron chi connectivity index (χ3n) is 2.10. The first-order valence-corrected chi connectivity index (χ1v) is 6.78. The van der Waals surface area contributed by atoms with Crippen molar-refractivity contribution in [3.05, 3.63) is 26.7 Å². The van der Waals surface area contributed by atoms with E-state index in [1.54, 1.807) is 19.1 Å². The van der Waals surface area contributed by atoms with Crippen molar-refractivity contribution in [3.8, 4) is 0 Å². The molecule has 5 nitrogen and oxygen atoms in total. The van der Waals surface area contributed by atoms with Crippen LogP contribution < -0.4 is 10.6 Å². The van der Waals surface area contributed by atoms with Crippen molar-refractivity contribution in [2.45, 2.75) is 19.4 Å². The lowest BCUT2D eigenvalue weighted by atomic mass is 10.2. The molecule has 0 fully saturated rings. The Hall–Kier alpha value is -0.980. The van der Waals surface area contributed by atoms with Crippen LogP contribution in [0.5, 0.6) is 0 Å². The van der Waals surface area contributed by atoms with Crippen LogP contribution in [-0.4, -0.2) is 23.1 Å². The van der Waals surface area contributed by atoms with Crippen LogP contribution in [-0.2, 0) is 4.79 Å². The molecule has 1 aromatic rings. The minimum absolute atomic E-state index is 0.171. The molecular formula is C11H11BrCl2N2O3. The van der Waals surface area contributed by atoms with Gasteiger partial charge in [-0.1, -0.05) is 39.1 Å². The van der Waals surface area contributed by atoms with Crippen molar-refractivity contribution in [3.63, 3.8) is 0 Å². The van der Waals surface area contributed by atoms with Gasteiger partial charge in [0.2, 0.25) is 0 Å². The average molecular weight is 370 g/mol. The van der Waals surface area contributed by atoms with Crippen LogP contribution in [0.1, 0.15) is 13.3 Å². The van der Waals surface area contributed by atoms with Gasteiger partial charge in [-0.3, -0.25) is 4.79 Å². The lowest BCUT2D eigenvalue weighted by Crippen LogP contribution is -2.37. The Labute approximate surface area is 128 Å². The fourth-order valence-electron chi connectivity index (χ4n) is 1.35. The van der Waals surface area contributed by atoms with Crippen molar-refractivity contribution in [1.82, 2.24) is 5.32 Å². The Morgan fingerprint density at radius 1 is 1.37 bits per heavy atom. The molecule has 0 spiro atoms. The first-order valence-electron chi connectivity index (χ1n) is 5.23. The molecule has 0 bridgehead atoms. The molecule has 0 radical (unpaired) electrons. The van der Waals surface area contributed by atoms with Gasteiger partial charge < -0.3 is 15.7 Å². The molecule has 0 heterocycles. The average Bonchev–Trinajstić information content (AvgIpc) is 2.21. The number of anilines is 1. The number of halogens is 3. The van der Waals surface area contributed by atoms with Gasteiger partial charge in [-0.05, 0) is 19.1 Å². The van der Waals surface area contributed by atoms with Crippen LogP contribution in [0, 0.1) is 0 Å². The standard InChI is InChI=1S/C11H11BrCl2N2O3/c1-5(2-9(17)18)15-11(19)16-10-7(13)3-6(12)4-8(10)14/h3-5H,2H2,1H3,(H,17,18)(H2,15,16,19). The van der Waals surface area contributed by atoms with E-state index in [0.29, 0.717) is 4.47 Å². The van der Waals surface area contributed by atoms with Crippen LogP contribution >= 0.6 is 39.1 Å². The van der Waals surface area contributed by atoms with Crippen molar-refractivity contribution in [2.75, 3.05) is 5.32 Å². The summed E-state index contributed by atoms with van der Waals surface area (Å²) in [6.07, 6.45) is -0.171. The SMILES string of the molecule is CC(CC(=O)O)NC(=O)Nc1c(Cl)cc(Br)cc1Cl. The van der Waals surface area contributed by atoms with Crippen molar-refractivity contribution in [1.29, 1.82) is 0 Å². The molecule has 3 N–H and O–H groups in total. The second-order valence-electron chi connectivity index (χ2n) is 3.84. The predicted molar refractivity (Wildman–Crippen MR) is 78.0 cm³/mol. The first-order chi connectivity index (χ1) is 8.79. The summed E-state index contributed by atoms with van der Waals surface area (Å²) in [6.45, 7) is 1.58. The zero-order valence-corrected chi connectivity index (χ0v) is 12.9. The number of aliphatic carboxylic acids is 1. The van der Waals surface area contributed by atoms with E-state index in [0.717, 1.165) is 0 Å². The maximum Gasteiger partial charge on any atom is 0.319 e. The van der Waals surface area contributed by atoms with Crippen molar-refractivity contribution in [2.24, 2.45) is 0 Å². The highest BCUT2D eigenvalue weighted by molar-refractivity contribution is 9.10. The van der Waals surface area contributed by atoms with Gasteiger partial charge in [-0.2, -0.15) is 0 Å². The number of urea groups is 1. The maximum atomic E-state index is 11.6. The van der Waals surface area contributed by atoms with Crippen molar-refractivity contribution >= 4 is 56.8 Å². The Bertz CT molecular complexity index is 488. The summed E-state index contributed by atoms with van der Waals surface area (Å²) in [7, 11) is 0. The minimum atomic E-state index is -0.993. The smallest absolute Gasteiger partial charge is 0.319 e. The number of carboxylic acids is 1. The lowest BCUT2D eigenvalue weighted by molar-refractivity contribution is -0.137. The predicted octanol–water partition coefficient (Wildman–Crippen LogP) is 3.74. The first kappa shape index (κ1) is 16.1. The number of hydrogen-bond acceptors (Lipinski definition) is 2. The second-order valence-corrected chi connectivity index (χ2v) is 5.57. The summed E-state index contributed by atoms with van der Waals surface area (Å²) in [6, 6.07) is 2.10. The normalized spacial score (nSPS) is 11.8. The van der Waals surface area contributed by atoms with Gasteiger partial charge in [0.25, 0.3) is 0 Å². The van der Waals surface area contributed by atoms with Gasteiger partial charge in [0.15, 0.2) is 0 Å². The zero-order valence-electron chi connectivity index (χ0n) is 9.84. The van der Waals surface area contributed by atoms with E-state index < -0.39 is 18.0 Å². The van der Waals surface area contributed by atoms with Crippen LogP contribution in [0.25, 0.3) is 0 Å². The monoisotopic (exact) mass is 368 g/mol. The fourth-order valence-corrected chi connectivity index (χ4v) is 2.65. The molecule has 1 aromatic carbocycles. The molecule has 8 heteroatoms. The van der Waals surface area contributed by atoms with Crippen molar-refractivity contribution < 1.29 is 14.7 Å². The summed E-state index contributed by atoms with van der Waals surface area (Å²) >= 11 is 15.1.